The molecular weight excluding hydrogens is 244 g/mol. The maximum absolute atomic E-state index is 11.8. The van der Waals surface area contributed by atoms with Crippen LogP contribution in [0.25, 0.3) is 0 Å². The number of hydrogen-bond acceptors (Lipinski definition) is 3. The van der Waals surface area contributed by atoms with Crippen molar-refractivity contribution >= 4 is 17.7 Å². The van der Waals surface area contributed by atoms with Crippen LogP contribution in [-0.2, 0) is 11.2 Å². The highest BCUT2D eigenvalue weighted by molar-refractivity contribution is 7.98. The third-order valence-corrected chi connectivity index (χ3v) is 3.61. The van der Waals surface area contributed by atoms with Gasteiger partial charge in [0.2, 0.25) is 5.91 Å². The van der Waals surface area contributed by atoms with Crippen molar-refractivity contribution < 1.29 is 4.79 Å². The van der Waals surface area contributed by atoms with Crippen LogP contribution < -0.4 is 11.1 Å². The molecule has 3 N–H and O–H groups in total. The fourth-order valence-electron chi connectivity index (χ4n) is 1.71. The van der Waals surface area contributed by atoms with E-state index in [1.165, 1.54) is 0 Å². The van der Waals surface area contributed by atoms with Crippen LogP contribution in [-0.4, -0.2) is 30.5 Å². The molecule has 1 unspecified atom stereocenters. The molecule has 4 heteroatoms. The molecule has 1 aromatic rings. The highest BCUT2D eigenvalue weighted by Gasteiger charge is 2.14. The summed E-state index contributed by atoms with van der Waals surface area (Å²) < 4.78 is 0. The Morgan fingerprint density at radius 2 is 2.06 bits per heavy atom. The van der Waals surface area contributed by atoms with Gasteiger partial charge in [0.25, 0.3) is 0 Å². The van der Waals surface area contributed by atoms with Crippen LogP contribution in [0.15, 0.2) is 30.3 Å². The van der Waals surface area contributed by atoms with Crippen LogP contribution in [0.2, 0.25) is 0 Å². The normalized spacial score (nSPS) is 13.9. The van der Waals surface area contributed by atoms with E-state index in [2.05, 4.69) is 18.5 Å². The van der Waals surface area contributed by atoms with Gasteiger partial charge in [0.05, 0.1) is 6.04 Å². The number of benzene rings is 1. The molecule has 0 aromatic heterocycles. The average molecular weight is 266 g/mol. The van der Waals surface area contributed by atoms with Crippen molar-refractivity contribution in [1.82, 2.24) is 5.32 Å². The summed E-state index contributed by atoms with van der Waals surface area (Å²) in [6, 6.07) is 9.39. The predicted octanol–water partition coefficient (Wildman–Crippen LogP) is 1.67. The molecule has 1 amide bonds. The number of amides is 1. The van der Waals surface area contributed by atoms with Crippen LogP contribution in [0.5, 0.6) is 0 Å². The van der Waals surface area contributed by atoms with E-state index in [0.717, 1.165) is 11.3 Å². The summed E-state index contributed by atoms with van der Waals surface area (Å²) in [6.07, 6.45) is 2.66. The minimum absolute atomic E-state index is 0.0631. The summed E-state index contributed by atoms with van der Waals surface area (Å²) in [5, 5.41) is 2.91. The molecule has 0 fully saturated rings. The second kappa shape index (κ2) is 8.16. The number of nitrogens with one attached hydrogen (secondary N) is 1. The van der Waals surface area contributed by atoms with Gasteiger partial charge in [-0.2, -0.15) is 11.8 Å². The molecule has 3 nitrogen and oxygen atoms in total. The molecule has 0 spiro atoms. The van der Waals surface area contributed by atoms with E-state index in [-0.39, 0.29) is 5.91 Å². The first-order valence-corrected chi connectivity index (χ1v) is 7.59. The lowest BCUT2D eigenvalue weighted by Gasteiger charge is -2.15. The molecule has 0 heterocycles. The van der Waals surface area contributed by atoms with Gasteiger partial charge in [-0.25, -0.2) is 0 Å². The molecule has 0 bridgehead atoms. The van der Waals surface area contributed by atoms with Crippen molar-refractivity contribution in [2.75, 3.05) is 18.6 Å². The molecule has 0 aliphatic rings. The van der Waals surface area contributed by atoms with Crippen LogP contribution >= 0.6 is 11.8 Å². The number of rotatable bonds is 7. The van der Waals surface area contributed by atoms with Crippen LogP contribution in [0.3, 0.4) is 0 Å². The zero-order valence-corrected chi connectivity index (χ0v) is 11.9. The van der Waals surface area contributed by atoms with E-state index in [1.54, 1.807) is 11.8 Å². The summed E-state index contributed by atoms with van der Waals surface area (Å²) in [5.41, 5.74) is 6.99. The summed E-state index contributed by atoms with van der Waals surface area (Å²) in [5.74, 6) is 1.47. The Labute approximate surface area is 114 Å². The van der Waals surface area contributed by atoms with Crippen LogP contribution in [0.4, 0.5) is 0 Å². The lowest BCUT2D eigenvalue weighted by atomic mass is 10.1. The Morgan fingerprint density at radius 1 is 1.39 bits per heavy atom. The molecule has 18 heavy (non-hydrogen) atoms. The number of carbonyl (C=O) groups is 1. The molecular formula is C14H22N2OS. The standard InChI is InChI=1S/C14H22N2OS/c1-11(10-18-2)9-16-14(17)13(15)8-12-6-4-3-5-7-12/h3-7,11,13H,8-10,15H2,1-2H3,(H,16,17)/t11?,13-/m1/s1. The molecule has 1 rings (SSSR count). The lowest BCUT2D eigenvalue weighted by molar-refractivity contribution is -0.122. The molecule has 1 aromatic carbocycles. The SMILES string of the molecule is CSCC(C)CNC(=O)[C@H](N)Cc1ccccc1. The fourth-order valence-corrected chi connectivity index (χ4v) is 2.40. The van der Waals surface area contributed by atoms with Gasteiger partial charge in [-0.15, -0.1) is 0 Å². The minimum Gasteiger partial charge on any atom is -0.354 e. The summed E-state index contributed by atoms with van der Waals surface area (Å²) in [4.78, 5) is 11.8. The van der Waals surface area contributed by atoms with E-state index in [9.17, 15) is 4.79 Å². The Kier molecular flexibility index (Phi) is 6.83. The first kappa shape index (κ1) is 15.1. The average Bonchev–Trinajstić information content (AvgIpc) is 2.37. The molecule has 2 atom stereocenters. The van der Waals surface area contributed by atoms with E-state index in [0.29, 0.717) is 18.9 Å². The molecule has 0 aliphatic carbocycles. The van der Waals surface area contributed by atoms with Crippen molar-refractivity contribution in [3.63, 3.8) is 0 Å². The third-order valence-electron chi connectivity index (χ3n) is 2.71. The fraction of sp³-hybridized carbons (Fsp3) is 0.500. The van der Waals surface area contributed by atoms with E-state index in [1.807, 2.05) is 30.3 Å². The van der Waals surface area contributed by atoms with Crippen molar-refractivity contribution in [2.24, 2.45) is 11.7 Å². The van der Waals surface area contributed by atoms with Gasteiger partial charge in [0, 0.05) is 6.54 Å². The molecule has 0 aliphatic heterocycles. The Bertz CT molecular complexity index is 356. The highest BCUT2D eigenvalue weighted by Crippen LogP contribution is 2.04. The Balaban J connectivity index is 2.33. The van der Waals surface area contributed by atoms with Gasteiger partial charge in [-0.1, -0.05) is 37.3 Å². The topological polar surface area (TPSA) is 55.1 Å². The number of thioether (sulfide) groups is 1. The van der Waals surface area contributed by atoms with Crippen LogP contribution in [0.1, 0.15) is 12.5 Å². The van der Waals surface area contributed by atoms with E-state index < -0.39 is 6.04 Å². The van der Waals surface area contributed by atoms with Gasteiger partial charge in [0.15, 0.2) is 0 Å². The van der Waals surface area contributed by atoms with Crippen molar-refractivity contribution in [3.8, 4) is 0 Å². The van der Waals surface area contributed by atoms with Crippen LogP contribution in [0, 0.1) is 5.92 Å². The zero-order chi connectivity index (χ0) is 13.4. The maximum atomic E-state index is 11.8. The van der Waals surface area contributed by atoms with E-state index in [4.69, 9.17) is 5.73 Å². The predicted molar refractivity (Wildman–Crippen MR) is 78.7 cm³/mol. The van der Waals surface area contributed by atoms with Crippen molar-refractivity contribution in [1.29, 1.82) is 0 Å². The monoisotopic (exact) mass is 266 g/mol. The Hall–Kier alpha value is -1.00. The summed E-state index contributed by atoms with van der Waals surface area (Å²) in [6.45, 7) is 2.82. The second-order valence-electron chi connectivity index (χ2n) is 4.60. The number of carbonyl (C=O) groups excluding carboxylic acids is 1. The lowest BCUT2D eigenvalue weighted by Crippen LogP contribution is -2.43. The van der Waals surface area contributed by atoms with Crippen molar-refractivity contribution in [2.45, 2.75) is 19.4 Å². The zero-order valence-electron chi connectivity index (χ0n) is 11.1. The second-order valence-corrected chi connectivity index (χ2v) is 5.51. The first-order valence-electron chi connectivity index (χ1n) is 6.19. The molecule has 0 saturated carbocycles. The summed E-state index contributed by atoms with van der Waals surface area (Å²) in [7, 11) is 0. The van der Waals surface area contributed by atoms with Gasteiger partial charge in [-0.05, 0) is 29.9 Å². The number of hydrogen-bond donors (Lipinski definition) is 2. The molecule has 0 saturated heterocycles. The molecule has 0 radical (unpaired) electrons. The minimum atomic E-state index is -0.464. The van der Waals surface area contributed by atoms with Crippen molar-refractivity contribution in [3.05, 3.63) is 35.9 Å². The van der Waals surface area contributed by atoms with Gasteiger partial charge < -0.3 is 11.1 Å². The largest absolute Gasteiger partial charge is 0.354 e. The van der Waals surface area contributed by atoms with Gasteiger partial charge in [0.1, 0.15) is 0 Å². The third kappa shape index (κ3) is 5.56. The quantitative estimate of drug-likeness (QED) is 0.789. The number of nitrogens with two attached hydrogens (primary N) is 1. The first-order chi connectivity index (χ1) is 8.63. The maximum Gasteiger partial charge on any atom is 0.237 e. The molecule has 100 valence electrons. The van der Waals surface area contributed by atoms with Gasteiger partial charge in [-0.3, -0.25) is 4.79 Å². The highest BCUT2D eigenvalue weighted by atomic mass is 32.2. The van der Waals surface area contributed by atoms with E-state index >= 15 is 0 Å². The van der Waals surface area contributed by atoms with Gasteiger partial charge >= 0.3 is 0 Å². The Morgan fingerprint density at radius 3 is 2.67 bits per heavy atom. The smallest absolute Gasteiger partial charge is 0.237 e. The summed E-state index contributed by atoms with van der Waals surface area (Å²) >= 11 is 1.79.